The highest BCUT2D eigenvalue weighted by atomic mass is 16.1. The molecule has 1 saturated carbocycles. The predicted molar refractivity (Wildman–Crippen MR) is 54.4 cm³/mol. The first kappa shape index (κ1) is 10.7. The molecule has 0 aromatic rings. The fraction of sp³-hybridized carbons (Fsp3) is 0.909. The van der Waals surface area contributed by atoms with Crippen molar-refractivity contribution < 1.29 is 4.79 Å². The highest BCUT2D eigenvalue weighted by molar-refractivity contribution is 5.86. The second kappa shape index (κ2) is 3.79. The summed E-state index contributed by atoms with van der Waals surface area (Å²) < 4.78 is 0. The lowest BCUT2D eigenvalue weighted by molar-refractivity contribution is -0.131. The molecule has 1 aliphatic rings. The number of rotatable bonds is 1. The SMILES string of the molecule is CC(C)(C)C(=O)[C@H]1CC[C@@H](N)CC1. The quantitative estimate of drug-likeness (QED) is 0.676. The van der Waals surface area contributed by atoms with Crippen LogP contribution in [0.15, 0.2) is 0 Å². The zero-order chi connectivity index (χ0) is 10.1. The van der Waals surface area contributed by atoms with Crippen molar-refractivity contribution >= 4 is 5.78 Å². The standard InChI is InChI=1S/C11H21NO/c1-11(2,3)10(13)8-4-6-9(12)7-5-8/h8-9H,4-7,12H2,1-3H3/t8-,9+. The first-order chi connectivity index (χ1) is 5.91. The summed E-state index contributed by atoms with van der Waals surface area (Å²) in [6, 6.07) is 0.337. The summed E-state index contributed by atoms with van der Waals surface area (Å²) in [6.07, 6.45) is 4.04. The molecule has 0 bridgehead atoms. The molecule has 0 heterocycles. The number of hydrogen-bond acceptors (Lipinski definition) is 2. The maximum atomic E-state index is 11.9. The van der Waals surface area contributed by atoms with Crippen LogP contribution in [0, 0.1) is 11.3 Å². The molecular formula is C11H21NO. The largest absolute Gasteiger partial charge is 0.328 e. The van der Waals surface area contributed by atoms with E-state index < -0.39 is 0 Å². The molecule has 0 aromatic carbocycles. The fourth-order valence-corrected chi connectivity index (χ4v) is 1.99. The van der Waals surface area contributed by atoms with Crippen molar-refractivity contribution in [1.82, 2.24) is 0 Å². The average molecular weight is 183 g/mol. The van der Waals surface area contributed by atoms with E-state index in [0.717, 1.165) is 25.7 Å². The van der Waals surface area contributed by atoms with E-state index >= 15 is 0 Å². The van der Waals surface area contributed by atoms with Crippen LogP contribution in [0.2, 0.25) is 0 Å². The molecule has 76 valence electrons. The van der Waals surface area contributed by atoms with E-state index in [0.29, 0.717) is 11.8 Å². The van der Waals surface area contributed by atoms with Crippen molar-refractivity contribution in [2.45, 2.75) is 52.5 Å². The summed E-state index contributed by atoms with van der Waals surface area (Å²) in [4.78, 5) is 11.9. The van der Waals surface area contributed by atoms with Crippen molar-refractivity contribution in [3.63, 3.8) is 0 Å². The molecular weight excluding hydrogens is 162 g/mol. The summed E-state index contributed by atoms with van der Waals surface area (Å²) in [7, 11) is 0. The van der Waals surface area contributed by atoms with E-state index in [4.69, 9.17) is 5.73 Å². The zero-order valence-electron chi connectivity index (χ0n) is 8.97. The third kappa shape index (κ3) is 2.80. The first-order valence-corrected chi connectivity index (χ1v) is 5.21. The summed E-state index contributed by atoms with van der Waals surface area (Å²) in [5.74, 6) is 0.694. The van der Waals surface area contributed by atoms with Gasteiger partial charge in [-0.1, -0.05) is 20.8 Å². The topological polar surface area (TPSA) is 43.1 Å². The molecule has 2 N–H and O–H groups in total. The normalized spacial score (nSPS) is 30.2. The van der Waals surface area contributed by atoms with Gasteiger partial charge in [0.2, 0.25) is 0 Å². The molecule has 1 fully saturated rings. The lowest BCUT2D eigenvalue weighted by Gasteiger charge is -2.29. The number of hydrogen-bond donors (Lipinski definition) is 1. The number of nitrogens with two attached hydrogens (primary N) is 1. The van der Waals surface area contributed by atoms with Crippen LogP contribution in [0.1, 0.15) is 46.5 Å². The summed E-state index contributed by atoms with van der Waals surface area (Å²) in [6.45, 7) is 6.01. The molecule has 1 aliphatic carbocycles. The third-order valence-electron chi connectivity index (χ3n) is 2.88. The predicted octanol–water partition coefficient (Wildman–Crippen LogP) is 2.12. The van der Waals surface area contributed by atoms with Gasteiger partial charge in [0.15, 0.2) is 0 Å². The van der Waals surface area contributed by atoms with E-state index in [1.54, 1.807) is 0 Å². The molecule has 0 aromatic heterocycles. The van der Waals surface area contributed by atoms with Crippen LogP contribution in [0.25, 0.3) is 0 Å². The monoisotopic (exact) mass is 183 g/mol. The number of ketones is 1. The van der Waals surface area contributed by atoms with Gasteiger partial charge in [0.25, 0.3) is 0 Å². The van der Waals surface area contributed by atoms with Gasteiger partial charge in [-0.05, 0) is 25.7 Å². The van der Waals surface area contributed by atoms with Crippen molar-refractivity contribution in [3.05, 3.63) is 0 Å². The van der Waals surface area contributed by atoms with Gasteiger partial charge >= 0.3 is 0 Å². The van der Waals surface area contributed by atoms with Gasteiger partial charge in [-0.3, -0.25) is 4.79 Å². The molecule has 0 unspecified atom stereocenters. The van der Waals surface area contributed by atoms with Gasteiger partial charge in [-0.15, -0.1) is 0 Å². The Kier molecular flexibility index (Phi) is 3.12. The van der Waals surface area contributed by atoms with E-state index in [1.165, 1.54) is 0 Å². The van der Waals surface area contributed by atoms with Crippen molar-refractivity contribution in [3.8, 4) is 0 Å². The van der Waals surface area contributed by atoms with Gasteiger partial charge in [0, 0.05) is 17.4 Å². The summed E-state index contributed by atoms with van der Waals surface area (Å²) >= 11 is 0. The zero-order valence-corrected chi connectivity index (χ0v) is 8.97. The van der Waals surface area contributed by atoms with Crippen LogP contribution < -0.4 is 5.73 Å². The van der Waals surface area contributed by atoms with Crippen LogP contribution in [0.3, 0.4) is 0 Å². The van der Waals surface area contributed by atoms with E-state index in [9.17, 15) is 4.79 Å². The Morgan fingerprint density at radius 1 is 1.15 bits per heavy atom. The average Bonchev–Trinajstić information content (AvgIpc) is 2.03. The number of Topliss-reactive ketones (excluding diaryl/α,β-unsaturated/α-hetero) is 1. The second-order valence-corrected chi connectivity index (χ2v) is 5.23. The Balaban J connectivity index is 2.50. The van der Waals surface area contributed by atoms with Crippen LogP contribution in [0.5, 0.6) is 0 Å². The maximum Gasteiger partial charge on any atom is 0.141 e. The molecule has 2 heteroatoms. The van der Waals surface area contributed by atoms with Crippen LogP contribution in [-0.2, 0) is 4.79 Å². The van der Waals surface area contributed by atoms with Crippen LogP contribution in [-0.4, -0.2) is 11.8 Å². The van der Waals surface area contributed by atoms with Crippen LogP contribution in [0.4, 0.5) is 0 Å². The molecule has 13 heavy (non-hydrogen) atoms. The minimum Gasteiger partial charge on any atom is -0.328 e. The minimum atomic E-state index is -0.175. The van der Waals surface area contributed by atoms with Gasteiger partial charge in [-0.2, -0.15) is 0 Å². The number of carbonyl (C=O) groups excluding carboxylic acids is 1. The Hall–Kier alpha value is -0.370. The van der Waals surface area contributed by atoms with Gasteiger partial charge in [0.05, 0.1) is 0 Å². The first-order valence-electron chi connectivity index (χ1n) is 5.21. The Labute approximate surface area is 80.9 Å². The van der Waals surface area contributed by atoms with Crippen molar-refractivity contribution in [2.24, 2.45) is 17.1 Å². The van der Waals surface area contributed by atoms with E-state index in [2.05, 4.69) is 0 Å². The Morgan fingerprint density at radius 2 is 1.62 bits per heavy atom. The van der Waals surface area contributed by atoms with E-state index in [-0.39, 0.29) is 11.3 Å². The van der Waals surface area contributed by atoms with Crippen LogP contribution >= 0.6 is 0 Å². The highest BCUT2D eigenvalue weighted by Crippen LogP contribution is 2.30. The lowest BCUT2D eigenvalue weighted by Crippen LogP contribution is -2.34. The Bertz CT molecular complexity index is 185. The number of carbonyl (C=O) groups is 1. The minimum absolute atomic E-state index is 0.175. The van der Waals surface area contributed by atoms with Crippen molar-refractivity contribution in [2.75, 3.05) is 0 Å². The third-order valence-corrected chi connectivity index (χ3v) is 2.88. The molecule has 0 spiro atoms. The Morgan fingerprint density at radius 3 is 2.00 bits per heavy atom. The highest BCUT2D eigenvalue weighted by Gasteiger charge is 2.31. The maximum absolute atomic E-state index is 11.9. The molecule has 2 nitrogen and oxygen atoms in total. The van der Waals surface area contributed by atoms with Gasteiger partial charge in [-0.25, -0.2) is 0 Å². The smallest absolute Gasteiger partial charge is 0.141 e. The molecule has 0 amide bonds. The lowest BCUT2D eigenvalue weighted by atomic mass is 9.75. The fourth-order valence-electron chi connectivity index (χ4n) is 1.99. The molecule has 0 atom stereocenters. The summed E-state index contributed by atoms with van der Waals surface area (Å²) in [5, 5.41) is 0. The molecule has 1 rings (SSSR count). The van der Waals surface area contributed by atoms with Gasteiger partial charge in [0.1, 0.15) is 5.78 Å². The molecule has 0 saturated heterocycles. The van der Waals surface area contributed by atoms with Gasteiger partial charge < -0.3 is 5.73 Å². The summed E-state index contributed by atoms with van der Waals surface area (Å²) in [5.41, 5.74) is 5.62. The molecule has 0 aliphatic heterocycles. The second-order valence-electron chi connectivity index (χ2n) is 5.23. The van der Waals surface area contributed by atoms with Crippen molar-refractivity contribution in [1.29, 1.82) is 0 Å². The molecule has 0 radical (unpaired) electrons. The van der Waals surface area contributed by atoms with E-state index in [1.807, 2.05) is 20.8 Å².